The summed E-state index contributed by atoms with van der Waals surface area (Å²) in [6.07, 6.45) is 0.675. The molecule has 7 nitrogen and oxygen atoms in total. The van der Waals surface area contributed by atoms with Crippen LogP contribution in [0.2, 0.25) is 0 Å². The number of amides is 1. The van der Waals surface area contributed by atoms with E-state index in [9.17, 15) is 14.4 Å². The quantitative estimate of drug-likeness (QED) is 0.426. The molecular weight excluding hydrogens is 430 g/mol. The molecule has 0 saturated heterocycles. The molecule has 2 heterocycles. The molecule has 0 bridgehead atoms. The van der Waals surface area contributed by atoms with Crippen molar-refractivity contribution in [2.45, 2.75) is 19.9 Å². The summed E-state index contributed by atoms with van der Waals surface area (Å²) in [7, 11) is 0. The summed E-state index contributed by atoms with van der Waals surface area (Å²) in [5, 5.41) is 3.49. The topological polar surface area (TPSA) is 86.2 Å². The maximum Gasteiger partial charge on any atom is 0.336 e. The molecule has 5 rings (SSSR count). The molecule has 3 aromatic carbocycles. The minimum atomic E-state index is -0.592. The largest absolute Gasteiger partial charge is 0.449 e. The first-order chi connectivity index (χ1) is 16.5. The molecule has 0 unspecified atom stereocenters. The van der Waals surface area contributed by atoms with Crippen LogP contribution >= 0.6 is 0 Å². The Kier molecular flexibility index (Phi) is 5.59. The van der Waals surface area contributed by atoms with Gasteiger partial charge in [0.15, 0.2) is 0 Å². The van der Waals surface area contributed by atoms with Gasteiger partial charge in [0, 0.05) is 11.9 Å². The van der Waals surface area contributed by atoms with Crippen molar-refractivity contribution >= 4 is 28.0 Å². The van der Waals surface area contributed by atoms with Gasteiger partial charge in [-0.25, -0.2) is 9.36 Å². The summed E-state index contributed by atoms with van der Waals surface area (Å²) in [5.74, 6) is -0.321. The predicted molar refractivity (Wildman–Crippen MR) is 131 cm³/mol. The molecule has 7 heteroatoms. The van der Waals surface area contributed by atoms with E-state index in [-0.39, 0.29) is 18.0 Å². The van der Waals surface area contributed by atoms with Gasteiger partial charge >= 0.3 is 11.2 Å². The van der Waals surface area contributed by atoms with E-state index >= 15 is 0 Å². The summed E-state index contributed by atoms with van der Waals surface area (Å²) < 4.78 is 8.24. The van der Waals surface area contributed by atoms with E-state index < -0.39 is 11.2 Å². The van der Waals surface area contributed by atoms with Gasteiger partial charge in [-0.3, -0.25) is 14.2 Å². The summed E-state index contributed by atoms with van der Waals surface area (Å²) in [6.45, 7) is 2.12. The first-order valence-electron chi connectivity index (χ1n) is 11.1. The number of benzene rings is 3. The average molecular weight is 453 g/mol. The zero-order valence-corrected chi connectivity index (χ0v) is 18.7. The molecule has 170 valence electrons. The third kappa shape index (κ3) is 3.92. The number of aromatic nitrogens is 2. The van der Waals surface area contributed by atoms with Gasteiger partial charge in [0.2, 0.25) is 11.5 Å². The molecule has 0 aliphatic carbocycles. The number of carbonyl (C=O) groups excluding carboxylic acids is 1. The van der Waals surface area contributed by atoms with Crippen LogP contribution in [0.25, 0.3) is 27.8 Å². The Bertz CT molecular complexity index is 1610. The highest BCUT2D eigenvalue weighted by Gasteiger charge is 2.22. The second-order valence-electron chi connectivity index (χ2n) is 8.21. The minimum Gasteiger partial charge on any atom is -0.449 e. The number of nitrogens with one attached hydrogen (secondary N) is 1. The second-order valence-corrected chi connectivity index (χ2v) is 8.21. The number of aryl methyl sites for hydroxylation is 1. The Labute approximate surface area is 194 Å². The molecule has 0 saturated carbocycles. The number of hydrogen-bond acceptors (Lipinski definition) is 4. The van der Waals surface area contributed by atoms with Crippen LogP contribution in [-0.2, 0) is 17.8 Å². The van der Waals surface area contributed by atoms with E-state index in [1.165, 1.54) is 4.57 Å². The lowest BCUT2D eigenvalue weighted by Gasteiger charge is -2.12. The third-order valence-corrected chi connectivity index (χ3v) is 5.83. The van der Waals surface area contributed by atoms with E-state index in [1.54, 1.807) is 36.4 Å². The van der Waals surface area contributed by atoms with Gasteiger partial charge in [0.05, 0.1) is 5.69 Å². The highest BCUT2D eigenvalue weighted by atomic mass is 16.3. The van der Waals surface area contributed by atoms with Gasteiger partial charge in [0.1, 0.15) is 17.6 Å². The predicted octanol–water partition coefficient (Wildman–Crippen LogP) is 3.57. The van der Waals surface area contributed by atoms with Gasteiger partial charge < -0.3 is 9.73 Å². The van der Waals surface area contributed by atoms with Crippen LogP contribution in [0.4, 0.5) is 0 Å². The Morgan fingerprint density at radius 3 is 2.38 bits per heavy atom. The van der Waals surface area contributed by atoms with Crippen LogP contribution in [0.5, 0.6) is 0 Å². The number of furan rings is 1. The van der Waals surface area contributed by atoms with Crippen molar-refractivity contribution in [1.82, 2.24) is 14.5 Å². The number of hydrogen-bond donors (Lipinski definition) is 1. The monoisotopic (exact) mass is 453 g/mol. The summed E-state index contributed by atoms with van der Waals surface area (Å²) in [5.41, 5.74) is 2.23. The molecule has 34 heavy (non-hydrogen) atoms. The molecule has 0 fully saturated rings. The molecule has 2 aromatic heterocycles. The minimum absolute atomic E-state index is 0.0402. The highest BCUT2D eigenvalue weighted by Crippen LogP contribution is 2.25. The standard InChI is InChI=1S/C27H23N3O4/c1-18-11-13-20(14-12-18)30-26(32)25-24(21-9-5-6-10-22(21)34-25)29(27(30)33)17-23(31)28-16-15-19-7-3-2-4-8-19/h2-14H,15-17H2,1H3,(H,28,31). The zero-order valence-electron chi connectivity index (χ0n) is 18.7. The maximum atomic E-state index is 13.6. The van der Waals surface area contributed by atoms with Crippen molar-refractivity contribution in [3.63, 3.8) is 0 Å². The van der Waals surface area contributed by atoms with Crippen molar-refractivity contribution in [3.05, 3.63) is 111 Å². The van der Waals surface area contributed by atoms with Crippen molar-refractivity contribution in [2.24, 2.45) is 0 Å². The Morgan fingerprint density at radius 1 is 0.912 bits per heavy atom. The second kappa shape index (κ2) is 8.86. The Morgan fingerprint density at radius 2 is 1.62 bits per heavy atom. The van der Waals surface area contributed by atoms with Crippen LogP contribution in [0.1, 0.15) is 11.1 Å². The lowest BCUT2D eigenvalue weighted by atomic mass is 10.1. The number of fused-ring (bicyclic) bond motifs is 3. The fraction of sp³-hybridized carbons (Fsp3) is 0.148. The summed E-state index contributed by atoms with van der Waals surface area (Å²) in [4.78, 5) is 39.7. The van der Waals surface area contributed by atoms with Gasteiger partial charge in [0.25, 0.3) is 0 Å². The molecule has 5 aromatic rings. The molecule has 0 atom stereocenters. The molecule has 0 aliphatic rings. The smallest absolute Gasteiger partial charge is 0.336 e. The molecule has 1 amide bonds. The van der Waals surface area contributed by atoms with E-state index in [1.807, 2.05) is 49.4 Å². The fourth-order valence-corrected chi connectivity index (χ4v) is 4.11. The molecule has 0 spiro atoms. The van der Waals surface area contributed by atoms with Crippen LogP contribution in [0.3, 0.4) is 0 Å². The van der Waals surface area contributed by atoms with Crippen molar-refractivity contribution in [3.8, 4) is 5.69 Å². The van der Waals surface area contributed by atoms with E-state index in [2.05, 4.69) is 5.32 Å². The van der Waals surface area contributed by atoms with Crippen LogP contribution < -0.4 is 16.6 Å². The Balaban J connectivity index is 1.58. The first-order valence-corrected chi connectivity index (χ1v) is 11.1. The lowest BCUT2D eigenvalue weighted by Crippen LogP contribution is -2.41. The van der Waals surface area contributed by atoms with E-state index in [0.717, 1.165) is 15.7 Å². The number of nitrogens with zero attached hydrogens (tertiary/aromatic N) is 2. The third-order valence-electron chi connectivity index (χ3n) is 5.83. The SMILES string of the molecule is Cc1ccc(-n2c(=O)c3oc4ccccc4c3n(CC(=O)NCCc3ccccc3)c2=O)cc1. The van der Waals surface area contributed by atoms with Crippen molar-refractivity contribution < 1.29 is 9.21 Å². The summed E-state index contributed by atoms with van der Waals surface area (Å²) >= 11 is 0. The van der Waals surface area contributed by atoms with Gasteiger partial charge in [-0.15, -0.1) is 0 Å². The lowest BCUT2D eigenvalue weighted by molar-refractivity contribution is -0.121. The van der Waals surface area contributed by atoms with Crippen LogP contribution in [0, 0.1) is 6.92 Å². The molecule has 0 radical (unpaired) electrons. The van der Waals surface area contributed by atoms with Crippen LogP contribution in [0.15, 0.2) is 92.9 Å². The fourth-order valence-electron chi connectivity index (χ4n) is 4.11. The maximum absolute atomic E-state index is 13.6. The highest BCUT2D eigenvalue weighted by molar-refractivity contribution is 6.02. The first kappa shape index (κ1) is 21.5. The molecule has 1 N–H and O–H groups in total. The van der Waals surface area contributed by atoms with Gasteiger partial charge in [-0.05, 0) is 43.2 Å². The van der Waals surface area contributed by atoms with Crippen molar-refractivity contribution in [1.29, 1.82) is 0 Å². The normalized spacial score (nSPS) is 11.2. The molecule has 0 aliphatic heterocycles. The van der Waals surface area contributed by atoms with E-state index in [4.69, 9.17) is 4.42 Å². The number of rotatable bonds is 6. The average Bonchev–Trinajstić information content (AvgIpc) is 3.24. The number of carbonyl (C=O) groups is 1. The zero-order chi connectivity index (χ0) is 23.7. The number of para-hydroxylation sites is 1. The van der Waals surface area contributed by atoms with Crippen molar-refractivity contribution in [2.75, 3.05) is 6.54 Å². The van der Waals surface area contributed by atoms with E-state index in [0.29, 0.717) is 35.1 Å². The van der Waals surface area contributed by atoms with Gasteiger partial charge in [-0.2, -0.15) is 0 Å². The van der Waals surface area contributed by atoms with Crippen LogP contribution in [-0.4, -0.2) is 21.6 Å². The van der Waals surface area contributed by atoms with Gasteiger partial charge in [-0.1, -0.05) is 60.2 Å². The molecular formula is C27H23N3O4. The summed E-state index contributed by atoms with van der Waals surface area (Å²) in [6, 6.07) is 24.0. The Hall–Kier alpha value is -4.39.